The molecule has 7 nitrogen and oxygen atoms in total. The first-order chi connectivity index (χ1) is 13.6. The van der Waals surface area contributed by atoms with Gasteiger partial charge in [0.2, 0.25) is 5.95 Å². The molecule has 2 aliphatic rings. The largest absolute Gasteiger partial charge is 0.378 e. The van der Waals surface area contributed by atoms with Crippen molar-refractivity contribution in [3.8, 4) is 0 Å². The standard InChI is InChI=1S/C21H27N5O2/c1-16-3-5-18(6-4-16)20(27)25-9-7-24(8-10-25)19-15-17(2)22-21(23-19)26-11-13-28-14-12-26/h3-6,15H,7-14H2,1-2H3. The van der Waals surface area contributed by atoms with Crippen LogP contribution in [-0.4, -0.2) is 73.3 Å². The fraction of sp³-hybridized carbons (Fsp3) is 0.476. The Labute approximate surface area is 165 Å². The van der Waals surface area contributed by atoms with Crippen molar-refractivity contribution in [2.45, 2.75) is 13.8 Å². The number of aromatic nitrogens is 2. The van der Waals surface area contributed by atoms with Crippen molar-refractivity contribution in [1.29, 1.82) is 0 Å². The molecular formula is C21H27N5O2. The van der Waals surface area contributed by atoms with Gasteiger partial charge in [-0.3, -0.25) is 4.79 Å². The van der Waals surface area contributed by atoms with Crippen LogP contribution in [0.25, 0.3) is 0 Å². The first-order valence-corrected chi connectivity index (χ1v) is 9.89. The average molecular weight is 381 g/mol. The average Bonchev–Trinajstić information content (AvgIpc) is 2.74. The van der Waals surface area contributed by atoms with E-state index in [0.29, 0.717) is 26.3 Å². The van der Waals surface area contributed by atoms with Crippen LogP contribution in [0.4, 0.5) is 11.8 Å². The van der Waals surface area contributed by atoms with Crippen molar-refractivity contribution in [3.05, 3.63) is 47.2 Å². The van der Waals surface area contributed by atoms with Crippen molar-refractivity contribution in [3.63, 3.8) is 0 Å². The molecule has 4 rings (SSSR count). The van der Waals surface area contributed by atoms with Crippen LogP contribution in [0.5, 0.6) is 0 Å². The van der Waals surface area contributed by atoms with Crippen molar-refractivity contribution < 1.29 is 9.53 Å². The highest BCUT2D eigenvalue weighted by atomic mass is 16.5. The molecule has 0 unspecified atom stereocenters. The smallest absolute Gasteiger partial charge is 0.253 e. The zero-order valence-electron chi connectivity index (χ0n) is 16.6. The Morgan fingerprint density at radius 3 is 2.25 bits per heavy atom. The van der Waals surface area contributed by atoms with Crippen LogP contribution in [0.3, 0.4) is 0 Å². The van der Waals surface area contributed by atoms with Gasteiger partial charge < -0.3 is 19.4 Å². The topological polar surface area (TPSA) is 61.8 Å². The number of anilines is 2. The van der Waals surface area contributed by atoms with E-state index in [9.17, 15) is 4.79 Å². The third kappa shape index (κ3) is 4.09. The van der Waals surface area contributed by atoms with E-state index in [2.05, 4.69) is 14.8 Å². The molecule has 2 aliphatic heterocycles. The number of nitrogens with zero attached hydrogens (tertiary/aromatic N) is 5. The molecule has 1 aromatic carbocycles. The number of hydrogen-bond donors (Lipinski definition) is 0. The molecule has 1 amide bonds. The van der Waals surface area contributed by atoms with Crippen molar-refractivity contribution in [2.24, 2.45) is 0 Å². The second-order valence-corrected chi connectivity index (χ2v) is 7.41. The molecule has 7 heteroatoms. The molecule has 0 atom stereocenters. The van der Waals surface area contributed by atoms with Crippen molar-refractivity contribution in [1.82, 2.24) is 14.9 Å². The highest BCUT2D eigenvalue weighted by Crippen LogP contribution is 2.20. The first-order valence-electron chi connectivity index (χ1n) is 9.89. The van der Waals surface area contributed by atoms with E-state index in [1.165, 1.54) is 0 Å². The second kappa shape index (κ2) is 8.14. The van der Waals surface area contributed by atoms with Crippen LogP contribution in [0.1, 0.15) is 21.6 Å². The van der Waals surface area contributed by atoms with Crippen LogP contribution in [0.15, 0.2) is 30.3 Å². The highest BCUT2D eigenvalue weighted by Gasteiger charge is 2.24. The van der Waals surface area contributed by atoms with E-state index >= 15 is 0 Å². The number of carbonyl (C=O) groups excluding carboxylic acids is 1. The molecule has 0 spiro atoms. The summed E-state index contributed by atoms with van der Waals surface area (Å²) >= 11 is 0. The van der Waals surface area contributed by atoms with Gasteiger partial charge in [-0.15, -0.1) is 0 Å². The normalized spacial score (nSPS) is 17.7. The summed E-state index contributed by atoms with van der Waals surface area (Å²) in [5.74, 6) is 1.82. The quantitative estimate of drug-likeness (QED) is 0.809. The summed E-state index contributed by atoms with van der Waals surface area (Å²) in [5.41, 5.74) is 2.88. The van der Waals surface area contributed by atoms with E-state index in [-0.39, 0.29) is 5.91 Å². The van der Waals surface area contributed by atoms with E-state index in [1.807, 2.05) is 49.1 Å². The number of carbonyl (C=O) groups is 1. The van der Waals surface area contributed by atoms with Gasteiger partial charge in [0.1, 0.15) is 5.82 Å². The molecule has 0 bridgehead atoms. The number of amides is 1. The van der Waals surface area contributed by atoms with Crippen LogP contribution in [0, 0.1) is 13.8 Å². The van der Waals surface area contributed by atoms with Crippen molar-refractivity contribution >= 4 is 17.7 Å². The van der Waals surface area contributed by atoms with Crippen LogP contribution in [0.2, 0.25) is 0 Å². The lowest BCUT2D eigenvalue weighted by molar-refractivity contribution is 0.0746. The molecule has 2 fully saturated rings. The lowest BCUT2D eigenvalue weighted by Crippen LogP contribution is -2.49. The van der Waals surface area contributed by atoms with Gasteiger partial charge >= 0.3 is 0 Å². The Kier molecular flexibility index (Phi) is 5.43. The summed E-state index contributed by atoms with van der Waals surface area (Å²) in [6, 6.07) is 9.82. The predicted octanol–water partition coefficient (Wildman–Crippen LogP) is 1.89. The van der Waals surface area contributed by atoms with Gasteiger partial charge in [-0.05, 0) is 26.0 Å². The molecule has 1 aromatic heterocycles. The highest BCUT2D eigenvalue weighted by molar-refractivity contribution is 5.94. The van der Waals surface area contributed by atoms with Crippen molar-refractivity contribution in [2.75, 3.05) is 62.3 Å². The van der Waals surface area contributed by atoms with Gasteiger partial charge in [0.15, 0.2) is 0 Å². The Balaban J connectivity index is 1.42. The van der Waals surface area contributed by atoms with E-state index in [0.717, 1.165) is 54.8 Å². The number of ether oxygens (including phenoxy) is 1. The molecule has 148 valence electrons. The lowest BCUT2D eigenvalue weighted by Gasteiger charge is -2.36. The maximum Gasteiger partial charge on any atom is 0.253 e. The van der Waals surface area contributed by atoms with Crippen LogP contribution >= 0.6 is 0 Å². The first kappa shape index (κ1) is 18.7. The fourth-order valence-corrected chi connectivity index (χ4v) is 3.62. The molecule has 0 N–H and O–H groups in total. The summed E-state index contributed by atoms with van der Waals surface area (Å²) < 4.78 is 5.43. The SMILES string of the molecule is Cc1ccc(C(=O)N2CCN(c3cc(C)nc(N4CCOCC4)n3)CC2)cc1. The third-order valence-corrected chi connectivity index (χ3v) is 5.31. The summed E-state index contributed by atoms with van der Waals surface area (Å²) in [6.07, 6.45) is 0. The summed E-state index contributed by atoms with van der Waals surface area (Å²) in [5, 5.41) is 0. The fourth-order valence-electron chi connectivity index (χ4n) is 3.62. The zero-order chi connectivity index (χ0) is 19.5. The molecule has 0 radical (unpaired) electrons. The number of morpholine rings is 1. The predicted molar refractivity (Wildman–Crippen MR) is 109 cm³/mol. The van der Waals surface area contributed by atoms with E-state index in [1.54, 1.807) is 0 Å². The van der Waals surface area contributed by atoms with Gasteiger partial charge in [-0.2, -0.15) is 4.98 Å². The monoisotopic (exact) mass is 381 g/mol. The van der Waals surface area contributed by atoms with Crippen LogP contribution in [-0.2, 0) is 4.74 Å². The molecular weight excluding hydrogens is 354 g/mol. The van der Waals surface area contributed by atoms with Gasteiger partial charge in [0.05, 0.1) is 13.2 Å². The Morgan fingerprint density at radius 1 is 0.893 bits per heavy atom. The third-order valence-electron chi connectivity index (χ3n) is 5.31. The molecule has 0 saturated carbocycles. The number of piperazine rings is 1. The Morgan fingerprint density at radius 2 is 1.57 bits per heavy atom. The van der Waals surface area contributed by atoms with Gasteiger partial charge in [0.25, 0.3) is 5.91 Å². The maximum absolute atomic E-state index is 12.7. The molecule has 3 heterocycles. The number of hydrogen-bond acceptors (Lipinski definition) is 6. The van der Waals surface area contributed by atoms with Gasteiger partial charge in [-0.1, -0.05) is 17.7 Å². The Hall–Kier alpha value is -2.67. The minimum atomic E-state index is 0.104. The van der Waals surface area contributed by atoms with Gasteiger partial charge in [0, 0.05) is 56.6 Å². The van der Waals surface area contributed by atoms with E-state index in [4.69, 9.17) is 9.72 Å². The molecule has 28 heavy (non-hydrogen) atoms. The minimum absolute atomic E-state index is 0.104. The second-order valence-electron chi connectivity index (χ2n) is 7.41. The minimum Gasteiger partial charge on any atom is -0.378 e. The number of benzene rings is 1. The number of aryl methyl sites for hydroxylation is 2. The van der Waals surface area contributed by atoms with Crippen LogP contribution < -0.4 is 9.80 Å². The number of rotatable bonds is 3. The summed E-state index contributed by atoms with van der Waals surface area (Å²) in [7, 11) is 0. The summed E-state index contributed by atoms with van der Waals surface area (Å²) in [6.45, 7) is 10.1. The zero-order valence-corrected chi connectivity index (χ0v) is 16.6. The van der Waals surface area contributed by atoms with Gasteiger partial charge in [-0.25, -0.2) is 4.98 Å². The lowest BCUT2D eigenvalue weighted by atomic mass is 10.1. The maximum atomic E-state index is 12.7. The van der Waals surface area contributed by atoms with E-state index < -0.39 is 0 Å². The Bertz CT molecular complexity index is 825. The summed E-state index contributed by atoms with van der Waals surface area (Å²) in [4.78, 5) is 28.5. The molecule has 2 saturated heterocycles. The molecule has 2 aromatic rings. The molecule has 0 aliphatic carbocycles.